The number of anilines is 4. The number of likely N-dealkylation sites (tertiary alicyclic amines) is 2. The van der Waals surface area contributed by atoms with Gasteiger partial charge in [-0.1, -0.05) is 6.07 Å². The molecule has 4 heterocycles. The molecule has 0 aliphatic carbocycles. The quantitative estimate of drug-likeness (QED) is 0.532. The molecular formula is C32H45N7O4. The minimum absolute atomic E-state index is 0.00732. The Morgan fingerprint density at radius 3 is 2.35 bits per heavy atom. The van der Waals surface area contributed by atoms with Gasteiger partial charge in [-0.3, -0.25) is 9.59 Å². The molecule has 43 heavy (non-hydrogen) atoms. The predicted molar refractivity (Wildman–Crippen MR) is 168 cm³/mol. The number of hydrogen-bond acceptors (Lipinski definition) is 8. The van der Waals surface area contributed by atoms with Crippen molar-refractivity contribution in [2.75, 3.05) is 55.4 Å². The molecule has 11 nitrogen and oxygen atoms in total. The Balaban J connectivity index is 1.31. The minimum Gasteiger partial charge on any atom is -0.444 e. The summed E-state index contributed by atoms with van der Waals surface area (Å²) in [5.41, 5.74) is 1.55. The van der Waals surface area contributed by atoms with Crippen LogP contribution in [0.3, 0.4) is 0 Å². The summed E-state index contributed by atoms with van der Waals surface area (Å²) >= 11 is 0. The first-order chi connectivity index (χ1) is 20.4. The van der Waals surface area contributed by atoms with E-state index in [4.69, 9.17) is 9.72 Å². The number of likely N-dealkylation sites (N-methyl/N-ethyl adjacent to an activating group) is 1. The lowest BCUT2D eigenvalue weighted by Gasteiger charge is -2.46. The van der Waals surface area contributed by atoms with Gasteiger partial charge in [-0.2, -0.15) is 0 Å². The van der Waals surface area contributed by atoms with Gasteiger partial charge in [0.05, 0.1) is 5.69 Å². The van der Waals surface area contributed by atoms with Gasteiger partial charge < -0.3 is 35.0 Å². The maximum Gasteiger partial charge on any atom is 0.410 e. The zero-order valence-electron chi connectivity index (χ0n) is 26.2. The highest BCUT2D eigenvalue weighted by molar-refractivity contribution is 6.04. The van der Waals surface area contributed by atoms with Crippen LogP contribution >= 0.6 is 0 Å². The van der Waals surface area contributed by atoms with Gasteiger partial charge in [0.15, 0.2) is 5.82 Å². The second-order valence-corrected chi connectivity index (χ2v) is 13.0. The van der Waals surface area contributed by atoms with Crippen molar-refractivity contribution < 1.29 is 19.1 Å². The zero-order valence-corrected chi connectivity index (χ0v) is 26.2. The molecule has 1 aromatic heterocycles. The molecule has 2 aromatic rings. The normalized spacial score (nSPS) is 20.6. The second-order valence-electron chi connectivity index (χ2n) is 13.0. The van der Waals surface area contributed by atoms with Gasteiger partial charge in [-0.05, 0) is 104 Å². The maximum absolute atomic E-state index is 13.2. The van der Waals surface area contributed by atoms with E-state index in [9.17, 15) is 14.4 Å². The first kappa shape index (κ1) is 30.6. The van der Waals surface area contributed by atoms with E-state index in [0.29, 0.717) is 37.3 Å². The van der Waals surface area contributed by atoms with E-state index in [2.05, 4.69) is 27.5 Å². The Hall–Kier alpha value is -3.86. The van der Waals surface area contributed by atoms with Crippen molar-refractivity contribution in [2.45, 2.75) is 77.1 Å². The second kappa shape index (κ2) is 12.4. The van der Waals surface area contributed by atoms with Gasteiger partial charge in [-0.15, -0.1) is 0 Å². The Labute approximate surface area is 254 Å². The summed E-state index contributed by atoms with van der Waals surface area (Å²) in [5.74, 6) is 1.28. The van der Waals surface area contributed by atoms with Crippen LogP contribution in [0.25, 0.3) is 0 Å². The fourth-order valence-electron chi connectivity index (χ4n) is 6.11. The van der Waals surface area contributed by atoms with Crippen molar-refractivity contribution in [1.82, 2.24) is 20.1 Å². The highest BCUT2D eigenvalue weighted by Crippen LogP contribution is 2.38. The monoisotopic (exact) mass is 591 g/mol. The van der Waals surface area contributed by atoms with Gasteiger partial charge in [0.2, 0.25) is 5.91 Å². The Morgan fingerprint density at radius 1 is 0.977 bits per heavy atom. The third-order valence-electron chi connectivity index (χ3n) is 8.53. The average molecular weight is 592 g/mol. The lowest BCUT2D eigenvalue weighted by atomic mass is 9.99. The summed E-state index contributed by atoms with van der Waals surface area (Å²) in [6.45, 7) is 10.6. The van der Waals surface area contributed by atoms with Crippen LogP contribution in [0, 0.1) is 0 Å². The van der Waals surface area contributed by atoms with Crippen molar-refractivity contribution in [3.8, 4) is 0 Å². The largest absolute Gasteiger partial charge is 0.444 e. The molecule has 2 N–H and O–H groups in total. The van der Waals surface area contributed by atoms with Gasteiger partial charge in [0, 0.05) is 43.5 Å². The topological polar surface area (TPSA) is 110 Å². The van der Waals surface area contributed by atoms with Crippen LogP contribution in [0.15, 0.2) is 36.4 Å². The summed E-state index contributed by atoms with van der Waals surface area (Å²) in [4.78, 5) is 51.6. The van der Waals surface area contributed by atoms with Gasteiger partial charge in [0.25, 0.3) is 5.91 Å². The number of nitrogens with zero attached hydrogens (tertiary/aromatic N) is 5. The molecule has 11 heteroatoms. The van der Waals surface area contributed by atoms with E-state index in [1.54, 1.807) is 16.8 Å². The van der Waals surface area contributed by atoms with Crippen LogP contribution < -0.4 is 20.4 Å². The van der Waals surface area contributed by atoms with Crippen LogP contribution in [0.2, 0.25) is 0 Å². The molecule has 3 aliphatic heterocycles. The van der Waals surface area contributed by atoms with Gasteiger partial charge >= 0.3 is 6.09 Å². The third kappa shape index (κ3) is 7.04. The Morgan fingerprint density at radius 2 is 1.67 bits per heavy atom. The number of fused-ring (bicyclic) bond motifs is 1. The minimum atomic E-state index is -0.547. The maximum atomic E-state index is 13.2. The molecule has 3 amide bonds. The van der Waals surface area contributed by atoms with E-state index in [-0.39, 0.29) is 30.0 Å². The number of carbonyl (C=O) groups is 3. The Kier molecular flexibility index (Phi) is 8.82. The highest BCUT2D eigenvalue weighted by atomic mass is 16.6. The van der Waals surface area contributed by atoms with Crippen LogP contribution in [0.4, 0.5) is 27.8 Å². The van der Waals surface area contributed by atoms with Crippen molar-refractivity contribution in [3.63, 3.8) is 0 Å². The van der Waals surface area contributed by atoms with Crippen LogP contribution in [0.5, 0.6) is 0 Å². The molecule has 3 aliphatic rings. The molecule has 0 radical (unpaired) electrons. The summed E-state index contributed by atoms with van der Waals surface area (Å²) in [7, 11) is 3.88. The number of aromatic nitrogens is 1. The molecular weight excluding hydrogens is 546 g/mol. The van der Waals surface area contributed by atoms with Crippen molar-refractivity contribution >= 4 is 40.9 Å². The van der Waals surface area contributed by atoms with Crippen LogP contribution in [-0.2, 0) is 9.53 Å². The zero-order chi connectivity index (χ0) is 30.9. The molecule has 5 rings (SSSR count). The number of amides is 3. The van der Waals surface area contributed by atoms with Crippen molar-refractivity contribution in [1.29, 1.82) is 0 Å². The molecule has 0 saturated carbocycles. The summed E-state index contributed by atoms with van der Waals surface area (Å²) in [6.07, 6.45) is 3.00. The first-order valence-electron chi connectivity index (χ1n) is 15.3. The van der Waals surface area contributed by atoms with E-state index in [1.807, 2.05) is 64.1 Å². The predicted octanol–water partition coefficient (Wildman–Crippen LogP) is 4.22. The van der Waals surface area contributed by atoms with E-state index in [1.165, 1.54) is 0 Å². The fraction of sp³-hybridized carbons (Fsp3) is 0.562. The van der Waals surface area contributed by atoms with E-state index >= 15 is 0 Å². The van der Waals surface area contributed by atoms with Crippen LogP contribution in [0.1, 0.15) is 63.7 Å². The molecule has 2 fully saturated rings. The SMILES string of the molecule is C[C@@H]1C(=O)N(C)c2ccc(Nc3cccc(C(=O)NC4CCN(C)CC4)c3)nc2N1C1CCN(C(=O)OC(C)(C)C)CC1. The summed E-state index contributed by atoms with van der Waals surface area (Å²) < 4.78 is 5.57. The van der Waals surface area contributed by atoms with Crippen molar-refractivity contribution in [3.05, 3.63) is 42.0 Å². The van der Waals surface area contributed by atoms with Gasteiger partial charge in [0.1, 0.15) is 17.5 Å². The number of nitrogens with one attached hydrogen (secondary N) is 2. The number of pyridine rings is 1. The van der Waals surface area contributed by atoms with E-state index in [0.717, 1.165) is 43.1 Å². The lowest BCUT2D eigenvalue weighted by Crippen LogP contribution is -2.57. The molecule has 1 aromatic carbocycles. The van der Waals surface area contributed by atoms with Crippen LogP contribution in [-0.4, -0.2) is 96.7 Å². The highest BCUT2D eigenvalue weighted by Gasteiger charge is 2.40. The number of benzene rings is 1. The summed E-state index contributed by atoms with van der Waals surface area (Å²) in [6, 6.07) is 11.0. The Bertz CT molecular complexity index is 1340. The molecule has 232 valence electrons. The van der Waals surface area contributed by atoms with E-state index < -0.39 is 11.6 Å². The molecule has 1 atom stereocenters. The van der Waals surface area contributed by atoms with Crippen molar-refractivity contribution in [2.24, 2.45) is 0 Å². The average Bonchev–Trinajstić information content (AvgIpc) is 2.97. The fourth-order valence-corrected chi connectivity index (χ4v) is 6.11. The summed E-state index contributed by atoms with van der Waals surface area (Å²) in [5, 5.41) is 6.55. The smallest absolute Gasteiger partial charge is 0.410 e. The number of rotatable bonds is 5. The lowest BCUT2D eigenvalue weighted by molar-refractivity contribution is -0.119. The number of hydrogen-bond donors (Lipinski definition) is 2. The third-order valence-corrected chi connectivity index (χ3v) is 8.53. The standard InChI is InChI=1S/C32H45N7O4/c1-21-30(41)37(6)26-10-11-27(33-24-9-7-8-22(20-24)29(40)34-23-12-16-36(5)17-13-23)35-28(26)39(21)25-14-18-38(19-15-25)31(42)43-32(2,3)4/h7-11,20-21,23,25H,12-19H2,1-6H3,(H,33,35)(H,34,40)/t21-/m1/s1. The molecule has 0 bridgehead atoms. The number of ether oxygens (including phenoxy) is 1. The first-order valence-corrected chi connectivity index (χ1v) is 15.3. The molecule has 0 spiro atoms. The molecule has 2 saturated heterocycles. The van der Waals surface area contributed by atoms with Gasteiger partial charge in [-0.25, -0.2) is 9.78 Å². The molecule has 0 unspecified atom stereocenters. The number of carbonyl (C=O) groups excluding carboxylic acids is 3. The number of piperidine rings is 2.